The van der Waals surface area contributed by atoms with Crippen LogP contribution in [-0.4, -0.2) is 22.3 Å². The first-order valence-corrected chi connectivity index (χ1v) is 8.93. The molecule has 3 rings (SSSR count). The van der Waals surface area contributed by atoms with Crippen LogP contribution in [0.2, 0.25) is 0 Å². The molecule has 5 atom stereocenters. The van der Waals surface area contributed by atoms with Gasteiger partial charge in [0, 0.05) is 11.0 Å². The molecule has 0 aliphatic heterocycles. The second-order valence-electron chi connectivity index (χ2n) is 8.13. The van der Waals surface area contributed by atoms with Crippen molar-refractivity contribution in [3.05, 3.63) is 35.8 Å². The molecule has 0 amide bonds. The molecule has 1 unspecified atom stereocenters. The molecule has 1 aromatic heterocycles. The van der Waals surface area contributed by atoms with Crippen molar-refractivity contribution in [2.45, 2.75) is 59.0 Å². The zero-order valence-corrected chi connectivity index (χ0v) is 14.8. The fraction of sp³-hybridized carbons (Fsp3) is 0.650. The van der Waals surface area contributed by atoms with E-state index < -0.39 is 17.5 Å². The predicted octanol–water partition coefficient (Wildman–Crippen LogP) is 4.05. The van der Waals surface area contributed by atoms with E-state index in [2.05, 4.69) is 13.8 Å². The van der Waals surface area contributed by atoms with Gasteiger partial charge in [-0.2, -0.15) is 0 Å². The third kappa shape index (κ3) is 2.52. The number of carboxylic acids is 1. The van der Waals surface area contributed by atoms with E-state index >= 15 is 0 Å². The number of rotatable bonds is 4. The number of aliphatic hydroxyl groups excluding tert-OH is 1. The highest BCUT2D eigenvalue weighted by molar-refractivity contribution is 5.88. The highest BCUT2D eigenvalue weighted by atomic mass is 16.4. The summed E-state index contributed by atoms with van der Waals surface area (Å²) in [7, 11) is 0. The number of hydrogen-bond donors (Lipinski definition) is 2. The summed E-state index contributed by atoms with van der Waals surface area (Å²) >= 11 is 0. The van der Waals surface area contributed by atoms with Gasteiger partial charge in [0.15, 0.2) is 0 Å². The summed E-state index contributed by atoms with van der Waals surface area (Å²) in [6.45, 7) is 6.46. The molecule has 0 radical (unpaired) electrons. The van der Waals surface area contributed by atoms with E-state index in [1.165, 1.54) is 5.56 Å². The van der Waals surface area contributed by atoms with Gasteiger partial charge in [0.25, 0.3) is 0 Å². The summed E-state index contributed by atoms with van der Waals surface area (Å²) in [5.74, 6) is -0.356. The van der Waals surface area contributed by atoms with Crippen molar-refractivity contribution in [3.63, 3.8) is 0 Å². The Morgan fingerprint density at radius 3 is 2.79 bits per heavy atom. The molecule has 132 valence electrons. The Kier molecular flexibility index (Phi) is 4.37. The second kappa shape index (κ2) is 6.07. The lowest BCUT2D eigenvalue weighted by molar-refractivity contribution is -0.148. The minimum absolute atomic E-state index is 0.000208. The SMILES string of the molecule is C[C@H]1C[C@@H](O)[C@@]2(C)C(C(=O)O)=CCCC2[C@@]1(C)CCc1ccoc1. The van der Waals surface area contributed by atoms with Crippen LogP contribution in [0.25, 0.3) is 0 Å². The van der Waals surface area contributed by atoms with Crippen molar-refractivity contribution in [2.75, 3.05) is 0 Å². The second-order valence-corrected chi connectivity index (χ2v) is 8.13. The summed E-state index contributed by atoms with van der Waals surface area (Å²) in [6.07, 6.45) is 8.99. The van der Waals surface area contributed by atoms with Gasteiger partial charge < -0.3 is 14.6 Å². The summed E-state index contributed by atoms with van der Waals surface area (Å²) in [6, 6.07) is 1.99. The Morgan fingerprint density at radius 2 is 2.17 bits per heavy atom. The lowest BCUT2D eigenvalue weighted by Gasteiger charge is -2.59. The number of furan rings is 1. The summed E-state index contributed by atoms with van der Waals surface area (Å²) in [5, 5.41) is 20.5. The topological polar surface area (TPSA) is 70.7 Å². The minimum Gasteiger partial charge on any atom is -0.478 e. The smallest absolute Gasteiger partial charge is 0.331 e. The molecular weight excluding hydrogens is 304 g/mol. The zero-order chi connectivity index (χ0) is 17.5. The van der Waals surface area contributed by atoms with Gasteiger partial charge in [0.05, 0.1) is 18.6 Å². The summed E-state index contributed by atoms with van der Waals surface area (Å²) in [4.78, 5) is 11.8. The standard InChI is InChI=1S/C20H28O4/c1-13-11-17(21)20(3)15(18(22)23)5-4-6-16(20)19(13,2)9-7-14-8-10-24-12-14/h5,8,10,12-13,16-17,21H,4,6-7,9,11H2,1-3H3,(H,22,23)/t13-,16?,17+,19-,20-/m0/s1. The normalized spacial score (nSPS) is 39.2. The molecular formula is C20H28O4. The van der Waals surface area contributed by atoms with Crippen LogP contribution in [0.15, 0.2) is 34.7 Å². The van der Waals surface area contributed by atoms with Crippen LogP contribution < -0.4 is 0 Å². The van der Waals surface area contributed by atoms with E-state index in [9.17, 15) is 15.0 Å². The van der Waals surface area contributed by atoms with E-state index in [0.29, 0.717) is 17.9 Å². The molecule has 0 aromatic carbocycles. The predicted molar refractivity (Wildman–Crippen MR) is 91.5 cm³/mol. The van der Waals surface area contributed by atoms with Crippen molar-refractivity contribution < 1.29 is 19.4 Å². The van der Waals surface area contributed by atoms with E-state index in [1.807, 2.05) is 19.1 Å². The average Bonchev–Trinajstić information content (AvgIpc) is 3.04. The first kappa shape index (κ1) is 17.3. The van der Waals surface area contributed by atoms with Gasteiger partial charge in [0.1, 0.15) is 0 Å². The van der Waals surface area contributed by atoms with E-state index in [-0.39, 0.29) is 11.3 Å². The molecule has 2 N–H and O–H groups in total. The molecule has 1 fully saturated rings. The zero-order valence-electron chi connectivity index (χ0n) is 14.8. The largest absolute Gasteiger partial charge is 0.478 e. The molecule has 2 aliphatic rings. The lowest BCUT2D eigenvalue weighted by Crippen LogP contribution is -2.57. The molecule has 1 saturated carbocycles. The number of aryl methyl sites for hydroxylation is 1. The number of hydrogen-bond acceptors (Lipinski definition) is 3. The van der Waals surface area contributed by atoms with Crippen LogP contribution in [0, 0.1) is 22.7 Å². The summed E-state index contributed by atoms with van der Waals surface area (Å²) in [5.41, 5.74) is 0.927. The molecule has 1 heterocycles. The van der Waals surface area contributed by atoms with Crippen LogP contribution in [0.4, 0.5) is 0 Å². The number of aliphatic carboxylic acids is 1. The van der Waals surface area contributed by atoms with Gasteiger partial charge in [-0.1, -0.05) is 26.8 Å². The number of carbonyl (C=O) groups is 1. The van der Waals surface area contributed by atoms with Gasteiger partial charge in [-0.05, 0) is 61.0 Å². The first-order chi connectivity index (χ1) is 11.3. The molecule has 1 aromatic rings. The highest BCUT2D eigenvalue weighted by Gasteiger charge is 2.59. The highest BCUT2D eigenvalue weighted by Crippen LogP contribution is 2.61. The van der Waals surface area contributed by atoms with Gasteiger partial charge in [-0.3, -0.25) is 0 Å². The number of fused-ring (bicyclic) bond motifs is 1. The number of aliphatic hydroxyl groups is 1. The number of carboxylic acid groups (broad SMARTS) is 1. The summed E-state index contributed by atoms with van der Waals surface area (Å²) < 4.78 is 5.18. The third-order valence-corrected chi connectivity index (χ3v) is 7.06. The maximum Gasteiger partial charge on any atom is 0.331 e. The maximum atomic E-state index is 11.8. The van der Waals surface area contributed by atoms with Crippen LogP contribution in [0.5, 0.6) is 0 Å². The van der Waals surface area contributed by atoms with Gasteiger partial charge >= 0.3 is 5.97 Å². The minimum atomic E-state index is -0.881. The molecule has 0 spiro atoms. The van der Waals surface area contributed by atoms with Crippen LogP contribution >= 0.6 is 0 Å². The van der Waals surface area contributed by atoms with Crippen LogP contribution in [0.3, 0.4) is 0 Å². The maximum absolute atomic E-state index is 11.8. The fourth-order valence-electron chi connectivity index (χ4n) is 5.31. The fourth-order valence-corrected chi connectivity index (χ4v) is 5.31. The van der Waals surface area contributed by atoms with E-state index in [4.69, 9.17) is 4.42 Å². The van der Waals surface area contributed by atoms with Crippen molar-refractivity contribution in [1.29, 1.82) is 0 Å². The average molecular weight is 332 g/mol. The van der Waals surface area contributed by atoms with Gasteiger partial charge in [-0.15, -0.1) is 0 Å². The van der Waals surface area contributed by atoms with Crippen molar-refractivity contribution in [2.24, 2.45) is 22.7 Å². The molecule has 4 nitrogen and oxygen atoms in total. The Bertz CT molecular complexity index is 632. The van der Waals surface area contributed by atoms with Gasteiger partial charge in [0.2, 0.25) is 0 Å². The van der Waals surface area contributed by atoms with E-state index in [1.54, 1.807) is 12.5 Å². The van der Waals surface area contributed by atoms with Crippen molar-refractivity contribution >= 4 is 5.97 Å². The van der Waals surface area contributed by atoms with Crippen molar-refractivity contribution in [1.82, 2.24) is 0 Å². The van der Waals surface area contributed by atoms with Crippen LogP contribution in [0.1, 0.15) is 52.0 Å². The molecule has 0 bridgehead atoms. The molecule has 0 saturated heterocycles. The third-order valence-electron chi connectivity index (χ3n) is 7.06. The van der Waals surface area contributed by atoms with Gasteiger partial charge in [-0.25, -0.2) is 4.79 Å². The Hall–Kier alpha value is -1.55. The number of allylic oxidation sites excluding steroid dienone is 1. The Balaban J connectivity index is 1.94. The quantitative estimate of drug-likeness (QED) is 0.873. The van der Waals surface area contributed by atoms with Crippen molar-refractivity contribution in [3.8, 4) is 0 Å². The molecule has 24 heavy (non-hydrogen) atoms. The Morgan fingerprint density at radius 1 is 1.42 bits per heavy atom. The molecule has 2 aliphatic carbocycles. The van der Waals surface area contributed by atoms with E-state index in [0.717, 1.165) is 25.7 Å². The lowest BCUT2D eigenvalue weighted by atomic mass is 9.45. The monoisotopic (exact) mass is 332 g/mol. The molecule has 4 heteroatoms. The van der Waals surface area contributed by atoms with Crippen LogP contribution in [-0.2, 0) is 11.2 Å². The first-order valence-electron chi connectivity index (χ1n) is 8.93. The Labute approximate surface area is 143 Å².